The lowest BCUT2D eigenvalue weighted by Crippen LogP contribution is -2.38. The zero-order chi connectivity index (χ0) is 24.0. The van der Waals surface area contributed by atoms with E-state index in [1.807, 2.05) is 58.8 Å². The molecule has 0 atom stereocenters. The quantitative estimate of drug-likeness (QED) is 0.330. The first-order chi connectivity index (χ1) is 17.2. The summed E-state index contributed by atoms with van der Waals surface area (Å²) >= 11 is 1.46. The van der Waals surface area contributed by atoms with Crippen LogP contribution in [0.2, 0.25) is 0 Å². The van der Waals surface area contributed by atoms with Gasteiger partial charge in [-0.25, -0.2) is 4.98 Å². The Bertz CT molecular complexity index is 1310. The molecule has 1 N–H and O–H groups in total. The summed E-state index contributed by atoms with van der Waals surface area (Å²) in [6, 6.07) is 20.0. The summed E-state index contributed by atoms with van der Waals surface area (Å²) < 4.78 is 2.09. The van der Waals surface area contributed by atoms with E-state index in [1.54, 1.807) is 0 Å². The van der Waals surface area contributed by atoms with Gasteiger partial charge in [-0.1, -0.05) is 42.8 Å². The number of fused-ring (bicyclic) bond motifs is 2. The van der Waals surface area contributed by atoms with Crippen LogP contribution in [-0.4, -0.2) is 34.5 Å². The van der Waals surface area contributed by atoms with Gasteiger partial charge in [0.2, 0.25) is 5.91 Å². The van der Waals surface area contributed by atoms with E-state index < -0.39 is 0 Å². The zero-order valence-electron chi connectivity index (χ0n) is 19.8. The Labute approximate surface area is 209 Å². The monoisotopic (exact) mass is 486 g/mol. The third kappa shape index (κ3) is 5.30. The SMILES string of the molecule is O=C(NCCCCCc1nc2ccccc2n1CC(=O)N1CCCc2ccccc21)c1cccs1. The minimum absolute atomic E-state index is 0.000378. The molecule has 0 unspecified atom stereocenters. The van der Waals surface area contributed by atoms with E-state index >= 15 is 0 Å². The topological polar surface area (TPSA) is 67.2 Å². The van der Waals surface area contributed by atoms with Gasteiger partial charge in [0.15, 0.2) is 0 Å². The summed E-state index contributed by atoms with van der Waals surface area (Å²) in [7, 11) is 0. The lowest BCUT2D eigenvalue weighted by atomic mass is 10.0. The zero-order valence-corrected chi connectivity index (χ0v) is 20.6. The molecule has 1 aliphatic heterocycles. The number of anilines is 1. The van der Waals surface area contributed by atoms with Crippen molar-refractivity contribution < 1.29 is 9.59 Å². The van der Waals surface area contributed by atoms with Crippen LogP contribution >= 0.6 is 11.3 Å². The summed E-state index contributed by atoms with van der Waals surface area (Å²) in [6.07, 6.45) is 5.68. The minimum Gasteiger partial charge on any atom is -0.351 e. The summed E-state index contributed by atoms with van der Waals surface area (Å²) in [5.74, 6) is 1.06. The van der Waals surface area contributed by atoms with Gasteiger partial charge < -0.3 is 14.8 Å². The predicted octanol–water partition coefficient (Wildman–Crippen LogP) is 5.22. The molecule has 5 rings (SSSR count). The van der Waals surface area contributed by atoms with Crippen LogP contribution in [0.5, 0.6) is 0 Å². The molecule has 0 radical (unpaired) electrons. The maximum atomic E-state index is 13.4. The molecular weight excluding hydrogens is 456 g/mol. The molecule has 0 aliphatic carbocycles. The fourth-order valence-corrected chi connectivity index (χ4v) is 5.43. The second kappa shape index (κ2) is 10.9. The number of nitrogens with one attached hydrogen (secondary N) is 1. The molecule has 0 spiro atoms. The van der Waals surface area contributed by atoms with Crippen LogP contribution in [0.3, 0.4) is 0 Å². The fraction of sp³-hybridized carbons (Fsp3) is 0.321. The largest absolute Gasteiger partial charge is 0.351 e. The summed E-state index contributed by atoms with van der Waals surface area (Å²) in [5, 5.41) is 4.90. The summed E-state index contributed by atoms with van der Waals surface area (Å²) in [5.41, 5.74) is 4.22. The molecule has 0 saturated carbocycles. The van der Waals surface area contributed by atoms with Crippen molar-refractivity contribution in [3.8, 4) is 0 Å². The van der Waals surface area contributed by atoms with Gasteiger partial charge in [-0.3, -0.25) is 9.59 Å². The molecule has 4 aromatic rings. The van der Waals surface area contributed by atoms with Crippen LogP contribution < -0.4 is 10.2 Å². The molecule has 2 amide bonds. The Morgan fingerprint density at radius 2 is 1.83 bits per heavy atom. The van der Waals surface area contributed by atoms with Crippen molar-refractivity contribution in [3.63, 3.8) is 0 Å². The highest BCUT2D eigenvalue weighted by atomic mass is 32.1. The van der Waals surface area contributed by atoms with E-state index in [4.69, 9.17) is 4.98 Å². The molecule has 180 valence electrons. The molecule has 0 bridgehead atoms. The first-order valence-corrected chi connectivity index (χ1v) is 13.2. The van der Waals surface area contributed by atoms with Crippen molar-refractivity contribution in [1.29, 1.82) is 0 Å². The van der Waals surface area contributed by atoms with Crippen LogP contribution in [0.1, 0.15) is 46.7 Å². The Hall–Kier alpha value is -3.45. The molecule has 0 fully saturated rings. The highest BCUT2D eigenvalue weighted by Crippen LogP contribution is 2.27. The maximum absolute atomic E-state index is 13.4. The molecule has 2 aromatic carbocycles. The molecule has 2 aromatic heterocycles. The number of benzene rings is 2. The second-order valence-corrected chi connectivity index (χ2v) is 9.87. The molecule has 1 aliphatic rings. The van der Waals surface area contributed by atoms with Gasteiger partial charge in [-0.05, 0) is 60.9 Å². The standard InChI is InChI=1S/C28H30N4O2S/c33-27(31-18-8-11-21-10-3-5-13-23(21)31)20-32-24-14-6-4-12-22(24)30-26(32)16-2-1-7-17-29-28(34)25-15-9-19-35-25/h3-6,9-10,12-15,19H,1-2,7-8,11,16-18,20H2,(H,29,34). The van der Waals surface area contributed by atoms with Crippen LogP contribution in [0.15, 0.2) is 66.0 Å². The average Bonchev–Trinajstić information content (AvgIpc) is 3.54. The number of nitrogens with zero attached hydrogens (tertiary/aromatic N) is 3. The second-order valence-electron chi connectivity index (χ2n) is 8.92. The van der Waals surface area contributed by atoms with Crippen LogP contribution in [0, 0.1) is 0 Å². The van der Waals surface area contributed by atoms with Gasteiger partial charge in [0.25, 0.3) is 5.91 Å². The van der Waals surface area contributed by atoms with Gasteiger partial charge in [0, 0.05) is 25.2 Å². The number of carbonyl (C=O) groups excluding carboxylic acids is 2. The number of hydrogen-bond donors (Lipinski definition) is 1. The highest BCUT2D eigenvalue weighted by molar-refractivity contribution is 7.12. The van der Waals surface area contributed by atoms with E-state index in [2.05, 4.69) is 22.0 Å². The van der Waals surface area contributed by atoms with Crippen LogP contribution in [0.4, 0.5) is 5.69 Å². The Morgan fingerprint density at radius 3 is 2.71 bits per heavy atom. The van der Waals surface area contributed by atoms with E-state index in [9.17, 15) is 9.59 Å². The average molecular weight is 487 g/mol. The van der Waals surface area contributed by atoms with Crippen molar-refractivity contribution in [2.24, 2.45) is 0 Å². The maximum Gasteiger partial charge on any atom is 0.261 e. The van der Waals surface area contributed by atoms with Crippen molar-refractivity contribution in [3.05, 3.63) is 82.3 Å². The fourth-order valence-electron chi connectivity index (χ4n) is 4.79. The number of hydrogen-bond acceptors (Lipinski definition) is 4. The van der Waals surface area contributed by atoms with E-state index in [1.165, 1.54) is 16.9 Å². The smallest absolute Gasteiger partial charge is 0.261 e. The number of amides is 2. The Balaban J connectivity index is 1.22. The molecule has 6 nitrogen and oxygen atoms in total. The molecule has 7 heteroatoms. The predicted molar refractivity (Wildman–Crippen MR) is 141 cm³/mol. The lowest BCUT2D eigenvalue weighted by Gasteiger charge is -2.29. The summed E-state index contributed by atoms with van der Waals surface area (Å²) in [6.45, 7) is 1.72. The number of para-hydroxylation sites is 3. The number of thiophene rings is 1. The lowest BCUT2D eigenvalue weighted by molar-refractivity contribution is -0.119. The molecule has 35 heavy (non-hydrogen) atoms. The van der Waals surface area contributed by atoms with Gasteiger partial charge >= 0.3 is 0 Å². The first kappa shape index (κ1) is 23.3. The van der Waals surface area contributed by atoms with Crippen molar-refractivity contribution in [2.75, 3.05) is 18.0 Å². The number of aryl methyl sites for hydroxylation is 2. The van der Waals surface area contributed by atoms with Gasteiger partial charge in [0.05, 0.1) is 15.9 Å². The Morgan fingerprint density at radius 1 is 0.971 bits per heavy atom. The number of aromatic nitrogens is 2. The van der Waals surface area contributed by atoms with Crippen molar-refractivity contribution >= 4 is 39.9 Å². The third-order valence-corrected chi connectivity index (χ3v) is 7.41. The molecular formula is C28H30N4O2S. The first-order valence-electron chi connectivity index (χ1n) is 12.3. The number of carbonyl (C=O) groups is 2. The molecule has 3 heterocycles. The van der Waals surface area contributed by atoms with Crippen LogP contribution in [0.25, 0.3) is 11.0 Å². The van der Waals surface area contributed by atoms with E-state index in [0.717, 1.165) is 72.5 Å². The van der Waals surface area contributed by atoms with E-state index in [0.29, 0.717) is 13.1 Å². The van der Waals surface area contributed by atoms with Gasteiger partial charge in [-0.2, -0.15) is 0 Å². The number of rotatable bonds is 9. The highest BCUT2D eigenvalue weighted by Gasteiger charge is 2.23. The number of unbranched alkanes of at least 4 members (excludes halogenated alkanes) is 2. The molecule has 0 saturated heterocycles. The van der Waals surface area contributed by atoms with Crippen LogP contribution in [-0.2, 0) is 24.2 Å². The van der Waals surface area contributed by atoms with E-state index in [-0.39, 0.29) is 11.8 Å². The van der Waals surface area contributed by atoms with Crippen molar-refractivity contribution in [1.82, 2.24) is 14.9 Å². The number of imidazole rings is 1. The third-order valence-electron chi connectivity index (χ3n) is 6.55. The van der Waals surface area contributed by atoms with Crippen molar-refractivity contribution in [2.45, 2.75) is 45.1 Å². The normalized spacial score (nSPS) is 13.1. The van der Waals surface area contributed by atoms with Gasteiger partial charge in [0.1, 0.15) is 12.4 Å². The summed E-state index contributed by atoms with van der Waals surface area (Å²) in [4.78, 5) is 33.0. The Kier molecular flexibility index (Phi) is 7.23. The van der Waals surface area contributed by atoms with Gasteiger partial charge in [-0.15, -0.1) is 11.3 Å². The minimum atomic E-state index is -0.000378.